The van der Waals surface area contributed by atoms with Crippen LogP contribution in [0.4, 0.5) is 14.5 Å². The normalized spacial score (nSPS) is 17.2. The van der Waals surface area contributed by atoms with Crippen LogP contribution < -0.4 is 10.6 Å². The Bertz CT molecular complexity index is 490. The van der Waals surface area contributed by atoms with Gasteiger partial charge in [0, 0.05) is 18.7 Å². The van der Waals surface area contributed by atoms with E-state index in [9.17, 15) is 8.78 Å². The lowest BCUT2D eigenvalue weighted by Gasteiger charge is -2.36. The average molecular weight is 299 g/mol. The monoisotopic (exact) mass is 299 g/mol. The third-order valence-electron chi connectivity index (χ3n) is 3.89. The highest BCUT2D eigenvalue weighted by atomic mass is 32.1. The zero-order valence-electron chi connectivity index (χ0n) is 11.7. The van der Waals surface area contributed by atoms with Crippen LogP contribution in [-0.2, 0) is 0 Å². The summed E-state index contributed by atoms with van der Waals surface area (Å²) in [5.74, 6) is -1.23. The number of hydrogen-bond donors (Lipinski definition) is 1. The second-order valence-electron chi connectivity index (χ2n) is 5.30. The number of likely N-dealkylation sites (tertiary alicyclic amines) is 1. The molecule has 110 valence electrons. The Morgan fingerprint density at radius 2 is 1.80 bits per heavy atom. The molecule has 6 heteroatoms. The van der Waals surface area contributed by atoms with E-state index in [-0.39, 0.29) is 22.3 Å². The molecule has 1 fully saturated rings. The number of nitrogens with two attached hydrogens (primary N) is 1. The molecule has 0 aromatic heterocycles. The summed E-state index contributed by atoms with van der Waals surface area (Å²) in [6.45, 7) is 1.87. The lowest BCUT2D eigenvalue weighted by Crippen LogP contribution is -2.42. The standard InChI is InChI=1S/C14H19F2N3S/c1-18-5-3-10(4-6-18)19(2)13-11(15)7-9(14(17)20)8-12(13)16/h7-8,10H,3-6H2,1-2H3,(H2,17,20). The van der Waals surface area contributed by atoms with Crippen molar-refractivity contribution < 1.29 is 8.78 Å². The molecule has 1 saturated heterocycles. The minimum Gasteiger partial charge on any atom is -0.389 e. The number of thiocarbonyl (C=S) groups is 1. The van der Waals surface area contributed by atoms with Crippen molar-refractivity contribution in [1.82, 2.24) is 4.90 Å². The Balaban J connectivity index is 2.26. The van der Waals surface area contributed by atoms with Gasteiger partial charge in [-0.05, 0) is 45.1 Å². The fraction of sp³-hybridized carbons (Fsp3) is 0.500. The number of benzene rings is 1. The number of halogens is 2. The number of piperidine rings is 1. The predicted molar refractivity (Wildman–Crippen MR) is 81.2 cm³/mol. The third kappa shape index (κ3) is 3.07. The van der Waals surface area contributed by atoms with Crippen molar-refractivity contribution in [3.05, 3.63) is 29.3 Å². The van der Waals surface area contributed by atoms with Crippen molar-refractivity contribution in [2.75, 3.05) is 32.1 Å². The van der Waals surface area contributed by atoms with Gasteiger partial charge in [-0.1, -0.05) is 12.2 Å². The largest absolute Gasteiger partial charge is 0.389 e. The summed E-state index contributed by atoms with van der Waals surface area (Å²) < 4.78 is 28.3. The molecular formula is C14H19F2N3S. The summed E-state index contributed by atoms with van der Waals surface area (Å²) in [7, 11) is 3.78. The highest BCUT2D eigenvalue weighted by Gasteiger charge is 2.25. The summed E-state index contributed by atoms with van der Waals surface area (Å²) in [6.07, 6.45) is 1.78. The van der Waals surface area contributed by atoms with E-state index < -0.39 is 11.6 Å². The maximum absolute atomic E-state index is 14.1. The van der Waals surface area contributed by atoms with Gasteiger partial charge >= 0.3 is 0 Å². The Hall–Kier alpha value is -1.27. The Morgan fingerprint density at radius 3 is 2.25 bits per heavy atom. The summed E-state index contributed by atoms with van der Waals surface area (Å²) in [5.41, 5.74) is 5.63. The van der Waals surface area contributed by atoms with Crippen LogP contribution in [0.25, 0.3) is 0 Å². The summed E-state index contributed by atoms with van der Waals surface area (Å²) in [4.78, 5) is 3.91. The van der Waals surface area contributed by atoms with Gasteiger partial charge in [-0.3, -0.25) is 0 Å². The SMILES string of the molecule is CN1CCC(N(C)c2c(F)cc(C(N)=S)cc2F)CC1. The van der Waals surface area contributed by atoms with Crippen molar-refractivity contribution in [3.8, 4) is 0 Å². The highest BCUT2D eigenvalue weighted by Crippen LogP contribution is 2.28. The first kappa shape index (κ1) is 15.1. The molecule has 0 atom stereocenters. The van der Waals surface area contributed by atoms with Crippen LogP contribution in [0.2, 0.25) is 0 Å². The van der Waals surface area contributed by atoms with E-state index in [2.05, 4.69) is 4.90 Å². The molecule has 0 aliphatic carbocycles. The van der Waals surface area contributed by atoms with Crippen LogP contribution in [0.5, 0.6) is 0 Å². The molecule has 20 heavy (non-hydrogen) atoms. The topological polar surface area (TPSA) is 32.5 Å². The van der Waals surface area contributed by atoms with Crippen LogP contribution in [0.15, 0.2) is 12.1 Å². The molecule has 1 aromatic carbocycles. The van der Waals surface area contributed by atoms with E-state index in [1.165, 1.54) is 12.1 Å². The third-order valence-corrected chi connectivity index (χ3v) is 4.13. The van der Waals surface area contributed by atoms with E-state index >= 15 is 0 Å². The Labute approximate surface area is 123 Å². The molecular weight excluding hydrogens is 280 g/mol. The van der Waals surface area contributed by atoms with Crippen molar-refractivity contribution in [2.45, 2.75) is 18.9 Å². The first-order valence-electron chi connectivity index (χ1n) is 6.60. The van der Waals surface area contributed by atoms with E-state index in [0.717, 1.165) is 25.9 Å². The molecule has 0 saturated carbocycles. The van der Waals surface area contributed by atoms with E-state index in [1.54, 1.807) is 11.9 Å². The molecule has 2 rings (SSSR count). The van der Waals surface area contributed by atoms with E-state index in [0.29, 0.717) is 0 Å². The first-order chi connectivity index (χ1) is 9.40. The second-order valence-corrected chi connectivity index (χ2v) is 5.74. The van der Waals surface area contributed by atoms with Crippen LogP contribution in [0, 0.1) is 11.6 Å². The van der Waals surface area contributed by atoms with Gasteiger partial charge in [-0.25, -0.2) is 8.78 Å². The molecule has 0 bridgehead atoms. The lowest BCUT2D eigenvalue weighted by molar-refractivity contribution is 0.252. The molecule has 1 heterocycles. The van der Waals surface area contributed by atoms with Crippen LogP contribution in [0.3, 0.4) is 0 Å². The fourth-order valence-corrected chi connectivity index (χ4v) is 2.73. The molecule has 1 aromatic rings. The highest BCUT2D eigenvalue weighted by molar-refractivity contribution is 7.80. The van der Waals surface area contributed by atoms with E-state index in [4.69, 9.17) is 18.0 Å². The maximum atomic E-state index is 14.1. The minimum absolute atomic E-state index is 0.000414. The average Bonchev–Trinajstić information content (AvgIpc) is 2.38. The smallest absolute Gasteiger partial charge is 0.150 e. The number of anilines is 1. The number of rotatable bonds is 3. The van der Waals surface area contributed by atoms with E-state index in [1.807, 2.05) is 7.05 Å². The van der Waals surface area contributed by atoms with Crippen LogP contribution >= 0.6 is 12.2 Å². The number of nitrogens with zero attached hydrogens (tertiary/aromatic N) is 2. The number of hydrogen-bond acceptors (Lipinski definition) is 3. The minimum atomic E-state index is -0.616. The molecule has 0 unspecified atom stereocenters. The molecule has 1 aliphatic heterocycles. The van der Waals surface area contributed by atoms with Crippen LogP contribution in [0.1, 0.15) is 18.4 Å². The molecule has 0 radical (unpaired) electrons. The van der Waals surface area contributed by atoms with Gasteiger partial charge in [0.2, 0.25) is 0 Å². The Morgan fingerprint density at radius 1 is 1.30 bits per heavy atom. The van der Waals surface area contributed by atoms with Crippen molar-refractivity contribution >= 4 is 22.9 Å². The zero-order valence-corrected chi connectivity index (χ0v) is 12.5. The second kappa shape index (κ2) is 6.01. The molecule has 1 aliphatic rings. The van der Waals surface area contributed by atoms with Crippen molar-refractivity contribution in [3.63, 3.8) is 0 Å². The van der Waals surface area contributed by atoms with Gasteiger partial charge in [0.25, 0.3) is 0 Å². The Kier molecular flexibility index (Phi) is 4.55. The maximum Gasteiger partial charge on any atom is 0.150 e. The zero-order chi connectivity index (χ0) is 14.9. The lowest BCUT2D eigenvalue weighted by atomic mass is 10.0. The van der Waals surface area contributed by atoms with Crippen LogP contribution in [-0.4, -0.2) is 43.1 Å². The van der Waals surface area contributed by atoms with Gasteiger partial charge in [0.05, 0.1) is 0 Å². The van der Waals surface area contributed by atoms with Gasteiger partial charge in [-0.2, -0.15) is 0 Å². The van der Waals surface area contributed by atoms with Gasteiger partial charge < -0.3 is 15.5 Å². The molecule has 2 N–H and O–H groups in total. The van der Waals surface area contributed by atoms with Gasteiger partial charge in [-0.15, -0.1) is 0 Å². The molecule has 3 nitrogen and oxygen atoms in total. The van der Waals surface area contributed by atoms with Crippen molar-refractivity contribution in [1.29, 1.82) is 0 Å². The summed E-state index contributed by atoms with van der Waals surface area (Å²) in [5, 5.41) is 0. The van der Waals surface area contributed by atoms with Gasteiger partial charge in [0.1, 0.15) is 22.3 Å². The fourth-order valence-electron chi connectivity index (χ4n) is 2.61. The first-order valence-corrected chi connectivity index (χ1v) is 7.01. The van der Waals surface area contributed by atoms with Gasteiger partial charge in [0.15, 0.2) is 0 Å². The van der Waals surface area contributed by atoms with Crippen molar-refractivity contribution in [2.24, 2.45) is 5.73 Å². The molecule has 0 amide bonds. The summed E-state index contributed by atoms with van der Waals surface area (Å²) in [6, 6.07) is 2.55. The predicted octanol–water partition coefficient (Wildman–Crippen LogP) is 2.13. The molecule has 0 spiro atoms. The quantitative estimate of drug-likeness (QED) is 0.867. The summed E-state index contributed by atoms with van der Waals surface area (Å²) >= 11 is 4.75.